The number of pyridine rings is 1. The number of nitrogens with zero attached hydrogens (tertiary/aromatic N) is 1. The number of benzene rings is 1. The fourth-order valence-corrected chi connectivity index (χ4v) is 3.09. The van der Waals surface area contributed by atoms with Gasteiger partial charge in [0.05, 0.1) is 5.69 Å². The summed E-state index contributed by atoms with van der Waals surface area (Å²) in [5, 5.41) is 0. The number of hydrogen-bond acceptors (Lipinski definition) is 4. The van der Waals surface area contributed by atoms with Gasteiger partial charge in [0, 0.05) is 24.7 Å². The molecule has 0 atom stereocenters. The Kier molecular flexibility index (Phi) is 6.19. The third kappa shape index (κ3) is 4.70. The molecule has 0 bridgehead atoms. The molecule has 0 amide bonds. The molecule has 1 aromatic heterocycles. The maximum atomic E-state index is 11.8. The Morgan fingerprint density at radius 2 is 1.77 bits per heavy atom. The van der Waals surface area contributed by atoms with E-state index in [9.17, 15) is 4.79 Å². The lowest BCUT2D eigenvalue weighted by molar-refractivity contribution is -0.131. The zero-order chi connectivity index (χ0) is 19.5. The molecule has 0 spiro atoms. The average Bonchev–Trinajstić information content (AvgIpc) is 2.54. The predicted octanol–water partition coefficient (Wildman–Crippen LogP) is 4.59. The molecule has 2 aromatic rings. The smallest absolute Gasteiger partial charge is 0.308 e. The van der Waals surface area contributed by atoms with Gasteiger partial charge < -0.3 is 10.5 Å². The Labute approximate surface area is 156 Å². The largest absolute Gasteiger partial charge is 0.424 e. The standard InChI is InChI=1S/C22H30N2O2/c1-7-18-21(26-15(3)25)20(16-10-8-14(2)9-11-16)17(13-23)19(24-18)12-22(4,5)6/h8-11H,7,12-13,23H2,1-6H3. The second kappa shape index (κ2) is 8.00. The van der Waals surface area contributed by atoms with Crippen molar-refractivity contribution in [1.82, 2.24) is 4.98 Å². The molecule has 2 N–H and O–H groups in total. The normalized spacial score (nSPS) is 11.5. The summed E-state index contributed by atoms with van der Waals surface area (Å²) in [6, 6.07) is 8.22. The molecule has 2 rings (SSSR count). The fourth-order valence-electron chi connectivity index (χ4n) is 3.09. The van der Waals surface area contributed by atoms with E-state index in [0.29, 0.717) is 18.7 Å². The molecule has 4 heteroatoms. The molecule has 4 nitrogen and oxygen atoms in total. The molecule has 0 saturated carbocycles. The molecule has 1 heterocycles. The van der Waals surface area contributed by atoms with E-state index in [1.54, 1.807) is 0 Å². The Morgan fingerprint density at radius 3 is 2.23 bits per heavy atom. The molecule has 1 aromatic carbocycles. The Balaban J connectivity index is 2.82. The highest BCUT2D eigenvalue weighted by Crippen LogP contribution is 2.39. The van der Waals surface area contributed by atoms with E-state index in [1.807, 2.05) is 6.92 Å². The van der Waals surface area contributed by atoms with Gasteiger partial charge in [-0.3, -0.25) is 9.78 Å². The second-order valence-electron chi connectivity index (χ2n) is 7.94. The lowest BCUT2D eigenvalue weighted by atomic mass is 9.86. The highest BCUT2D eigenvalue weighted by Gasteiger charge is 2.24. The minimum Gasteiger partial charge on any atom is -0.424 e. The van der Waals surface area contributed by atoms with Crippen LogP contribution in [0.4, 0.5) is 0 Å². The van der Waals surface area contributed by atoms with Crippen LogP contribution in [-0.4, -0.2) is 11.0 Å². The van der Waals surface area contributed by atoms with E-state index in [0.717, 1.165) is 34.5 Å². The highest BCUT2D eigenvalue weighted by atomic mass is 16.5. The summed E-state index contributed by atoms with van der Waals surface area (Å²) in [6.45, 7) is 12.4. The summed E-state index contributed by atoms with van der Waals surface area (Å²) in [5.41, 5.74) is 12.0. The first-order valence-electron chi connectivity index (χ1n) is 9.16. The van der Waals surface area contributed by atoms with Gasteiger partial charge in [0.25, 0.3) is 0 Å². The van der Waals surface area contributed by atoms with Gasteiger partial charge in [-0.1, -0.05) is 57.5 Å². The van der Waals surface area contributed by atoms with Crippen LogP contribution in [0.1, 0.15) is 57.1 Å². The van der Waals surface area contributed by atoms with Gasteiger partial charge >= 0.3 is 5.97 Å². The van der Waals surface area contributed by atoms with Crippen molar-refractivity contribution in [3.05, 3.63) is 46.8 Å². The Morgan fingerprint density at radius 1 is 1.15 bits per heavy atom. The first-order valence-corrected chi connectivity index (χ1v) is 9.16. The Hall–Kier alpha value is -2.20. The number of carbonyl (C=O) groups excluding carboxylic acids is 1. The van der Waals surface area contributed by atoms with Crippen LogP contribution in [0.25, 0.3) is 11.1 Å². The van der Waals surface area contributed by atoms with Gasteiger partial charge in [-0.15, -0.1) is 0 Å². The SMILES string of the molecule is CCc1nc(CC(C)(C)C)c(CN)c(-c2ccc(C)cc2)c1OC(C)=O. The summed E-state index contributed by atoms with van der Waals surface area (Å²) >= 11 is 0. The summed E-state index contributed by atoms with van der Waals surface area (Å²) in [4.78, 5) is 16.6. The number of aromatic nitrogens is 1. The molecule has 0 radical (unpaired) electrons. The quantitative estimate of drug-likeness (QED) is 0.798. The third-order valence-corrected chi connectivity index (χ3v) is 4.23. The minimum absolute atomic E-state index is 0.0788. The van der Waals surface area contributed by atoms with Crippen LogP contribution in [0.3, 0.4) is 0 Å². The summed E-state index contributed by atoms with van der Waals surface area (Å²) < 4.78 is 5.62. The van der Waals surface area contributed by atoms with Gasteiger partial charge in [-0.05, 0) is 36.3 Å². The molecule has 0 unspecified atom stereocenters. The van der Waals surface area contributed by atoms with Crippen LogP contribution in [-0.2, 0) is 24.2 Å². The highest BCUT2D eigenvalue weighted by molar-refractivity contribution is 5.80. The van der Waals surface area contributed by atoms with E-state index < -0.39 is 0 Å². The molecule has 0 aliphatic carbocycles. The van der Waals surface area contributed by atoms with Crippen molar-refractivity contribution in [2.24, 2.45) is 11.1 Å². The third-order valence-electron chi connectivity index (χ3n) is 4.23. The lowest BCUT2D eigenvalue weighted by Gasteiger charge is -2.24. The summed E-state index contributed by atoms with van der Waals surface area (Å²) in [5.74, 6) is 0.198. The number of ether oxygens (including phenoxy) is 1. The van der Waals surface area contributed by atoms with Crippen LogP contribution in [0.5, 0.6) is 5.75 Å². The zero-order valence-corrected chi connectivity index (χ0v) is 16.8. The van der Waals surface area contributed by atoms with Crippen molar-refractivity contribution < 1.29 is 9.53 Å². The van der Waals surface area contributed by atoms with Crippen LogP contribution < -0.4 is 10.5 Å². The number of hydrogen-bond donors (Lipinski definition) is 1. The Bertz CT molecular complexity index is 787. The van der Waals surface area contributed by atoms with Crippen molar-refractivity contribution >= 4 is 5.97 Å². The van der Waals surface area contributed by atoms with Crippen molar-refractivity contribution in [1.29, 1.82) is 0 Å². The van der Waals surface area contributed by atoms with E-state index in [2.05, 4.69) is 52.0 Å². The van der Waals surface area contributed by atoms with E-state index >= 15 is 0 Å². The molecular formula is C22H30N2O2. The van der Waals surface area contributed by atoms with Crippen LogP contribution in [0.2, 0.25) is 0 Å². The maximum absolute atomic E-state index is 11.8. The monoisotopic (exact) mass is 354 g/mol. The number of carbonyl (C=O) groups is 1. The molecule has 0 aliphatic heterocycles. The van der Waals surface area contributed by atoms with E-state index in [-0.39, 0.29) is 11.4 Å². The first kappa shape index (κ1) is 20.1. The molecule has 0 aliphatic rings. The predicted molar refractivity (Wildman–Crippen MR) is 106 cm³/mol. The molecule has 26 heavy (non-hydrogen) atoms. The summed E-state index contributed by atoms with van der Waals surface area (Å²) in [7, 11) is 0. The van der Waals surface area contributed by atoms with Crippen molar-refractivity contribution in [2.75, 3.05) is 0 Å². The van der Waals surface area contributed by atoms with Crippen LogP contribution in [0.15, 0.2) is 24.3 Å². The van der Waals surface area contributed by atoms with Crippen molar-refractivity contribution in [3.8, 4) is 16.9 Å². The van der Waals surface area contributed by atoms with Crippen LogP contribution >= 0.6 is 0 Å². The van der Waals surface area contributed by atoms with Crippen LogP contribution in [0, 0.1) is 12.3 Å². The first-order chi connectivity index (χ1) is 12.2. The zero-order valence-electron chi connectivity index (χ0n) is 16.8. The number of aryl methyl sites for hydroxylation is 2. The molecule has 0 saturated heterocycles. The topological polar surface area (TPSA) is 65.2 Å². The number of nitrogens with two attached hydrogens (primary N) is 1. The van der Waals surface area contributed by atoms with Crippen molar-refractivity contribution in [2.45, 2.75) is 60.9 Å². The average molecular weight is 354 g/mol. The van der Waals surface area contributed by atoms with Gasteiger partial charge in [0.1, 0.15) is 0 Å². The lowest BCUT2D eigenvalue weighted by Crippen LogP contribution is -2.18. The van der Waals surface area contributed by atoms with E-state index in [1.165, 1.54) is 12.5 Å². The molecular weight excluding hydrogens is 324 g/mol. The fraction of sp³-hybridized carbons (Fsp3) is 0.455. The number of esters is 1. The van der Waals surface area contributed by atoms with Gasteiger partial charge in [0.2, 0.25) is 0 Å². The maximum Gasteiger partial charge on any atom is 0.308 e. The van der Waals surface area contributed by atoms with Gasteiger partial charge in [-0.2, -0.15) is 0 Å². The van der Waals surface area contributed by atoms with Gasteiger partial charge in [-0.25, -0.2) is 0 Å². The molecule has 140 valence electrons. The molecule has 0 fully saturated rings. The second-order valence-corrected chi connectivity index (χ2v) is 7.94. The van der Waals surface area contributed by atoms with Gasteiger partial charge in [0.15, 0.2) is 5.75 Å². The van der Waals surface area contributed by atoms with Crippen molar-refractivity contribution in [3.63, 3.8) is 0 Å². The number of rotatable bonds is 5. The minimum atomic E-state index is -0.346. The summed E-state index contributed by atoms with van der Waals surface area (Å²) in [6.07, 6.45) is 1.50. The van der Waals surface area contributed by atoms with E-state index in [4.69, 9.17) is 15.5 Å².